The highest BCUT2D eigenvalue weighted by Crippen LogP contribution is 2.25. The van der Waals surface area contributed by atoms with Gasteiger partial charge in [-0.2, -0.15) is 4.31 Å². The fraction of sp³-hybridized carbons (Fsp3) is 0.611. The van der Waals surface area contributed by atoms with Gasteiger partial charge in [0.25, 0.3) is 0 Å². The smallest absolute Gasteiger partial charge is 0.243 e. The Morgan fingerprint density at radius 1 is 1.19 bits per heavy atom. The number of amides is 1. The van der Waals surface area contributed by atoms with E-state index in [4.69, 9.17) is 4.74 Å². The molecule has 0 aromatic heterocycles. The molecule has 1 aromatic rings. The summed E-state index contributed by atoms with van der Waals surface area (Å²) < 4.78 is 32.4. The Kier molecular flexibility index (Phi) is 6.36. The number of hydrogen-bond acceptors (Lipinski definition) is 5. The summed E-state index contributed by atoms with van der Waals surface area (Å²) >= 11 is 0. The van der Waals surface area contributed by atoms with Gasteiger partial charge in [0.2, 0.25) is 15.9 Å². The Morgan fingerprint density at radius 3 is 2.48 bits per heavy atom. The van der Waals surface area contributed by atoms with Gasteiger partial charge in [0.1, 0.15) is 5.75 Å². The molecule has 0 spiro atoms. The van der Waals surface area contributed by atoms with E-state index in [-0.39, 0.29) is 23.3 Å². The van der Waals surface area contributed by atoms with Crippen LogP contribution in [0.15, 0.2) is 29.2 Å². The number of hydrogen-bond donors (Lipinski definition) is 2. The van der Waals surface area contributed by atoms with E-state index in [0.29, 0.717) is 25.1 Å². The lowest BCUT2D eigenvalue weighted by Crippen LogP contribution is -3.12. The number of ether oxygens (including phenoxy) is 1. The maximum absolute atomic E-state index is 12.9. The Hall–Kier alpha value is -1.68. The van der Waals surface area contributed by atoms with Crippen LogP contribution < -0.4 is 15.1 Å². The van der Waals surface area contributed by atoms with Crippen LogP contribution in [0.5, 0.6) is 5.75 Å². The van der Waals surface area contributed by atoms with Crippen LogP contribution in [0.25, 0.3) is 0 Å². The van der Waals surface area contributed by atoms with E-state index in [2.05, 4.69) is 12.5 Å². The number of piperazine rings is 1. The number of quaternary nitrogens is 1. The highest BCUT2D eigenvalue weighted by Gasteiger charge is 2.34. The molecule has 1 aromatic carbocycles. The third-order valence-corrected chi connectivity index (χ3v) is 7.22. The van der Waals surface area contributed by atoms with Crippen LogP contribution >= 0.6 is 0 Å². The minimum absolute atomic E-state index is 0.0795. The third-order valence-electron chi connectivity index (χ3n) is 5.34. The maximum Gasteiger partial charge on any atom is 0.243 e. The average molecular weight is 398 g/mol. The van der Waals surface area contributed by atoms with E-state index in [9.17, 15) is 13.2 Å². The summed E-state index contributed by atoms with van der Waals surface area (Å²) in [6.45, 7) is 4.28. The van der Waals surface area contributed by atoms with Crippen molar-refractivity contribution in [3.8, 4) is 5.75 Å². The van der Waals surface area contributed by atoms with E-state index >= 15 is 0 Å². The lowest BCUT2D eigenvalue weighted by Gasteiger charge is -2.34. The van der Waals surface area contributed by atoms with Crippen molar-refractivity contribution in [3.05, 3.63) is 24.3 Å². The molecule has 2 fully saturated rings. The highest BCUT2D eigenvalue weighted by atomic mass is 32.2. The molecule has 2 heterocycles. The molecule has 1 atom stereocenters. The van der Waals surface area contributed by atoms with Crippen molar-refractivity contribution in [1.29, 1.82) is 0 Å². The van der Waals surface area contributed by atoms with Crippen LogP contribution in [-0.2, 0) is 14.8 Å². The lowest BCUT2D eigenvalue weighted by atomic mass is 9.99. The quantitative estimate of drug-likeness (QED) is 0.663. The average Bonchev–Trinajstić information content (AvgIpc) is 2.70. The number of methoxy groups -OCH3 is 1. The molecule has 3 rings (SSSR count). The standard InChI is InChI=1S/C18H28N4O4S/c1-20-10-12-21(13-11-20)19-18(23)15-4-3-9-22(14-15)27(24,25)17-7-5-16(26-2)6-8-17/h5-8,15H,3-4,9-14H2,1-2H3,(H,19,23)/p+1/t15-/m0/s1. The van der Waals surface area contributed by atoms with Gasteiger partial charge in [0.05, 0.1) is 51.1 Å². The normalized spacial score (nSPS) is 23.1. The summed E-state index contributed by atoms with van der Waals surface area (Å²) in [7, 11) is 0.0688. The summed E-state index contributed by atoms with van der Waals surface area (Å²) in [6, 6.07) is 6.36. The highest BCUT2D eigenvalue weighted by molar-refractivity contribution is 7.89. The molecule has 0 aliphatic carbocycles. The molecule has 150 valence electrons. The predicted molar refractivity (Wildman–Crippen MR) is 101 cm³/mol. The number of carbonyl (C=O) groups excluding carboxylic acids is 1. The van der Waals surface area contributed by atoms with E-state index in [1.165, 1.54) is 9.21 Å². The topological polar surface area (TPSA) is 83.4 Å². The molecule has 0 unspecified atom stereocenters. The van der Waals surface area contributed by atoms with Gasteiger partial charge in [0.15, 0.2) is 0 Å². The minimum atomic E-state index is -3.61. The zero-order chi connectivity index (χ0) is 19.4. The number of benzene rings is 1. The van der Waals surface area contributed by atoms with Crippen LogP contribution in [0.4, 0.5) is 0 Å². The van der Waals surface area contributed by atoms with Gasteiger partial charge in [-0.1, -0.05) is 0 Å². The van der Waals surface area contributed by atoms with E-state index in [0.717, 1.165) is 26.2 Å². The molecule has 0 radical (unpaired) electrons. The minimum Gasteiger partial charge on any atom is -0.497 e. The molecule has 1 amide bonds. The number of hydrazine groups is 1. The maximum atomic E-state index is 12.9. The Bertz CT molecular complexity index is 745. The number of carbonyl (C=O) groups is 1. The van der Waals surface area contributed by atoms with Gasteiger partial charge in [-0.15, -0.1) is 0 Å². The molecule has 0 saturated carbocycles. The number of rotatable bonds is 5. The first-order valence-electron chi connectivity index (χ1n) is 9.41. The second kappa shape index (κ2) is 8.55. The molecule has 8 nitrogen and oxygen atoms in total. The lowest BCUT2D eigenvalue weighted by molar-refractivity contribution is -0.884. The summed E-state index contributed by atoms with van der Waals surface area (Å²) in [6.07, 6.45) is 1.39. The second-order valence-corrected chi connectivity index (χ2v) is 9.24. The Morgan fingerprint density at radius 2 is 1.85 bits per heavy atom. The van der Waals surface area contributed by atoms with Crippen molar-refractivity contribution < 1.29 is 22.8 Å². The third kappa shape index (κ3) is 4.78. The van der Waals surface area contributed by atoms with Gasteiger partial charge in [-0.25, -0.2) is 13.4 Å². The molecule has 2 saturated heterocycles. The van der Waals surface area contributed by atoms with E-state index < -0.39 is 10.0 Å². The summed E-state index contributed by atoms with van der Waals surface area (Å²) in [4.78, 5) is 14.3. The second-order valence-electron chi connectivity index (χ2n) is 7.30. The molecule has 2 N–H and O–H groups in total. The van der Waals surface area contributed by atoms with Crippen molar-refractivity contribution >= 4 is 15.9 Å². The van der Waals surface area contributed by atoms with E-state index in [1.54, 1.807) is 31.4 Å². The van der Waals surface area contributed by atoms with Crippen LogP contribution in [0.1, 0.15) is 12.8 Å². The molecule has 27 heavy (non-hydrogen) atoms. The number of nitrogens with zero attached hydrogens (tertiary/aromatic N) is 2. The van der Waals surface area contributed by atoms with Gasteiger partial charge >= 0.3 is 0 Å². The fourth-order valence-corrected chi connectivity index (χ4v) is 5.04. The van der Waals surface area contributed by atoms with Crippen LogP contribution in [0.2, 0.25) is 0 Å². The first-order chi connectivity index (χ1) is 12.9. The van der Waals surface area contributed by atoms with Crippen molar-refractivity contribution in [2.75, 3.05) is 53.4 Å². The molecular weight excluding hydrogens is 368 g/mol. The van der Waals surface area contributed by atoms with Crippen LogP contribution in [0, 0.1) is 5.92 Å². The van der Waals surface area contributed by atoms with Crippen molar-refractivity contribution in [3.63, 3.8) is 0 Å². The van der Waals surface area contributed by atoms with Gasteiger partial charge in [-0.05, 0) is 37.1 Å². The van der Waals surface area contributed by atoms with Crippen molar-refractivity contribution in [1.82, 2.24) is 14.7 Å². The number of sulfonamides is 1. The zero-order valence-corrected chi connectivity index (χ0v) is 16.8. The van der Waals surface area contributed by atoms with Gasteiger partial charge in [0, 0.05) is 13.1 Å². The molecular formula is C18H29N4O4S+. The Labute approximate surface area is 161 Å². The van der Waals surface area contributed by atoms with Crippen LogP contribution in [-0.4, -0.2) is 77.1 Å². The molecule has 9 heteroatoms. The van der Waals surface area contributed by atoms with Gasteiger partial charge < -0.3 is 9.64 Å². The fourth-order valence-electron chi connectivity index (χ4n) is 3.52. The first-order valence-corrected chi connectivity index (χ1v) is 10.8. The first kappa shape index (κ1) is 20.1. The molecule has 2 aliphatic heterocycles. The molecule has 0 bridgehead atoms. The van der Waals surface area contributed by atoms with Crippen molar-refractivity contribution in [2.45, 2.75) is 17.7 Å². The number of likely N-dealkylation sites (N-methyl/N-ethyl adjacent to an activating group) is 1. The summed E-state index contributed by atoms with van der Waals surface area (Å²) in [5.41, 5.74) is 2.98. The van der Waals surface area contributed by atoms with E-state index in [1.807, 2.05) is 5.01 Å². The number of piperidine rings is 1. The predicted octanol–water partition coefficient (Wildman–Crippen LogP) is -1.04. The zero-order valence-electron chi connectivity index (χ0n) is 16.0. The van der Waals surface area contributed by atoms with Crippen LogP contribution in [0.3, 0.4) is 0 Å². The SMILES string of the molecule is COc1ccc(S(=O)(=O)N2CCC[C@H](C(=O)NN3CC[NH+](C)CC3)C2)cc1. The molecule has 2 aliphatic rings. The monoisotopic (exact) mass is 397 g/mol. The Balaban J connectivity index is 1.63. The van der Waals surface area contributed by atoms with Gasteiger partial charge in [-0.3, -0.25) is 10.2 Å². The number of nitrogens with one attached hydrogen (secondary N) is 2. The summed E-state index contributed by atoms with van der Waals surface area (Å²) in [5, 5.41) is 1.95. The summed E-state index contributed by atoms with van der Waals surface area (Å²) in [5.74, 6) is 0.210. The largest absolute Gasteiger partial charge is 0.497 e. The van der Waals surface area contributed by atoms with Crippen molar-refractivity contribution in [2.24, 2.45) is 5.92 Å².